The van der Waals surface area contributed by atoms with Gasteiger partial charge in [0.1, 0.15) is 0 Å². The maximum atomic E-state index is 11.6. The van der Waals surface area contributed by atoms with Crippen molar-refractivity contribution in [3.63, 3.8) is 0 Å². The van der Waals surface area contributed by atoms with E-state index in [0.717, 1.165) is 22.0 Å². The number of carbonyl (C=O) groups is 1. The fourth-order valence-electron chi connectivity index (χ4n) is 2.76. The van der Waals surface area contributed by atoms with E-state index in [0.29, 0.717) is 24.3 Å². The van der Waals surface area contributed by atoms with Gasteiger partial charge >= 0.3 is 5.97 Å². The second kappa shape index (κ2) is 5.04. The average Bonchev–Trinajstić information content (AvgIpc) is 2.30. The molecule has 0 atom stereocenters. The highest BCUT2D eigenvalue weighted by Gasteiger charge is 2.47. The number of ether oxygens (including phenoxy) is 2. The first-order valence-electron chi connectivity index (χ1n) is 6.13. The molecule has 1 N–H and O–H groups in total. The second-order valence-electron chi connectivity index (χ2n) is 4.84. The fraction of sp³-hybridized carbons (Fsp3) is 0.500. The Morgan fingerprint density at radius 1 is 1.32 bits per heavy atom. The number of halogens is 1. The minimum Gasteiger partial charge on any atom is -0.493 e. The molecule has 19 heavy (non-hydrogen) atoms. The molecule has 4 nitrogen and oxygen atoms in total. The minimum absolute atomic E-state index is 0.597. The number of methoxy groups -OCH3 is 2. The van der Waals surface area contributed by atoms with Crippen LogP contribution in [0.4, 0.5) is 0 Å². The predicted octanol–water partition coefficient (Wildman–Crippen LogP) is 3.28. The van der Waals surface area contributed by atoms with Crippen molar-refractivity contribution in [2.45, 2.75) is 31.6 Å². The smallest absolute Gasteiger partial charge is 0.314 e. The van der Waals surface area contributed by atoms with Gasteiger partial charge in [0.05, 0.1) is 24.1 Å². The molecule has 0 amide bonds. The highest BCUT2D eigenvalue weighted by Crippen LogP contribution is 2.50. The van der Waals surface area contributed by atoms with E-state index in [9.17, 15) is 9.90 Å². The maximum Gasteiger partial charge on any atom is 0.314 e. The molecule has 0 aromatic heterocycles. The number of rotatable bonds is 4. The predicted molar refractivity (Wildman–Crippen MR) is 75.1 cm³/mol. The number of hydrogen-bond donors (Lipinski definition) is 1. The molecule has 0 heterocycles. The lowest BCUT2D eigenvalue weighted by molar-refractivity contribution is -0.147. The van der Waals surface area contributed by atoms with E-state index in [1.165, 1.54) is 0 Å². The standard InChI is InChI=1S/C14H17BrO4/c1-8-9(14(13(16)17)5-4-6-14)7-10(15)12(19-3)11(8)18-2/h7H,4-6H2,1-3H3,(H,16,17). The summed E-state index contributed by atoms with van der Waals surface area (Å²) in [6.07, 6.45) is 2.29. The Hall–Kier alpha value is -1.23. The summed E-state index contributed by atoms with van der Waals surface area (Å²) in [5.41, 5.74) is 0.881. The molecule has 2 rings (SSSR count). The van der Waals surface area contributed by atoms with E-state index in [1.54, 1.807) is 14.2 Å². The summed E-state index contributed by atoms with van der Waals surface area (Å²) in [6.45, 7) is 1.88. The SMILES string of the molecule is COc1c(Br)cc(C2(C(=O)O)CCC2)c(C)c1OC. The fourth-order valence-corrected chi connectivity index (χ4v) is 3.33. The van der Waals surface area contributed by atoms with Crippen LogP contribution in [0.25, 0.3) is 0 Å². The summed E-state index contributed by atoms with van der Waals surface area (Å²) in [7, 11) is 3.13. The van der Waals surface area contributed by atoms with Gasteiger partial charge < -0.3 is 14.6 Å². The van der Waals surface area contributed by atoms with Gasteiger partial charge in [0.15, 0.2) is 11.5 Å². The molecule has 104 valence electrons. The third-order valence-electron chi connectivity index (χ3n) is 3.98. The third kappa shape index (κ3) is 2.00. The zero-order valence-corrected chi connectivity index (χ0v) is 12.8. The van der Waals surface area contributed by atoms with E-state index in [-0.39, 0.29) is 0 Å². The normalized spacial score (nSPS) is 16.6. The number of hydrogen-bond acceptors (Lipinski definition) is 3. The molecule has 0 unspecified atom stereocenters. The Labute approximate surface area is 120 Å². The van der Waals surface area contributed by atoms with E-state index in [1.807, 2.05) is 13.0 Å². The number of aliphatic carboxylic acids is 1. The van der Waals surface area contributed by atoms with Gasteiger partial charge in [-0.15, -0.1) is 0 Å². The number of carboxylic acid groups (broad SMARTS) is 1. The lowest BCUT2D eigenvalue weighted by Crippen LogP contribution is -2.43. The molecule has 1 aromatic carbocycles. The number of carboxylic acids is 1. The van der Waals surface area contributed by atoms with Gasteiger partial charge in [0.25, 0.3) is 0 Å². The summed E-state index contributed by atoms with van der Waals surface area (Å²) < 4.78 is 11.4. The first-order valence-corrected chi connectivity index (χ1v) is 6.92. The van der Waals surface area contributed by atoms with Crippen LogP contribution >= 0.6 is 15.9 Å². The molecule has 1 saturated carbocycles. The van der Waals surface area contributed by atoms with Gasteiger partial charge in [-0.05, 0) is 52.9 Å². The lowest BCUT2D eigenvalue weighted by atomic mass is 9.63. The molecule has 0 spiro atoms. The summed E-state index contributed by atoms with van der Waals surface area (Å²) in [4.78, 5) is 11.6. The zero-order valence-electron chi connectivity index (χ0n) is 11.2. The van der Waals surface area contributed by atoms with Crippen LogP contribution in [0.1, 0.15) is 30.4 Å². The van der Waals surface area contributed by atoms with Gasteiger partial charge in [-0.1, -0.05) is 6.42 Å². The molecule has 0 aliphatic heterocycles. The molecule has 0 saturated heterocycles. The summed E-state index contributed by atoms with van der Waals surface area (Å²) in [5.74, 6) is 0.434. The zero-order chi connectivity index (χ0) is 14.2. The van der Waals surface area contributed by atoms with Gasteiger partial charge in [0.2, 0.25) is 0 Å². The van der Waals surface area contributed by atoms with E-state index in [4.69, 9.17) is 9.47 Å². The Kier molecular flexibility index (Phi) is 3.76. The quantitative estimate of drug-likeness (QED) is 0.921. The Balaban J connectivity index is 2.65. The molecule has 0 radical (unpaired) electrons. The van der Waals surface area contributed by atoms with Crippen LogP contribution in [0.3, 0.4) is 0 Å². The van der Waals surface area contributed by atoms with Crippen LogP contribution in [0.5, 0.6) is 11.5 Å². The molecule has 0 bridgehead atoms. The van der Waals surface area contributed by atoms with Crippen LogP contribution in [-0.4, -0.2) is 25.3 Å². The Bertz CT molecular complexity index is 521. The third-order valence-corrected chi connectivity index (χ3v) is 4.57. The highest BCUT2D eigenvalue weighted by molar-refractivity contribution is 9.10. The van der Waals surface area contributed by atoms with Crippen LogP contribution in [-0.2, 0) is 10.2 Å². The topological polar surface area (TPSA) is 55.8 Å². The molecule has 1 aliphatic carbocycles. The van der Waals surface area contributed by atoms with Crippen molar-refractivity contribution in [2.24, 2.45) is 0 Å². The van der Waals surface area contributed by atoms with Crippen LogP contribution in [0.15, 0.2) is 10.5 Å². The van der Waals surface area contributed by atoms with Crippen LogP contribution in [0, 0.1) is 6.92 Å². The molecule has 1 aliphatic rings. The first-order chi connectivity index (χ1) is 8.97. The van der Waals surface area contributed by atoms with Crippen molar-refractivity contribution < 1.29 is 19.4 Å². The largest absolute Gasteiger partial charge is 0.493 e. The molecule has 1 aromatic rings. The summed E-state index contributed by atoms with van der Waals surface area (Å²) in [6, 6.07) is 1.85. The Morgan fingerprint density at radius 2 is 1.89 bits per heavy atom. The van der Waals surface area contributed by atoms with Crippen LogP contribution in [0.2, 0.25) is 0 Å². The van der Waals surface area contributed by atoms with Crippen molar-refractivity contribution >= 4 is 21.9 Å². The van der Waals surface area contributed by atoms with Crippen molar-refractivity contribution in [1.82, 2.24) is 0 Å². The first kappa shape index (κ1) is 14.2. The average molecular weight is 329 g/mol. The maximum absolute atomic E-state index is 11.6. The molecule has 1 fully saturated rings. The minimum atomic E-state index is -0.772. The molecule has 5 heteroatoms. The van der Waals surface area contributed by atoms with Gasteiger partial charge in [0, 0.05) is 0 Å². The second-order valence-corrected chi connectivity index (χ2v) is 5.69. The molecular formula is C14H17BrO4. The molecular weight excluding hydrogens is 312 g/mol. The Morgan fingerprint density at radius 3 is 2.26 bits per heavy atom. The van der Waals surface area contributed by atoms with Crippen LogP contribution < -0.4 is 9.47 Å². The van der Waals surface area contributed by atoms with Gasteiger partial charge in [-0.3, -0.25) is 4.79 Å². The van der Waals surface area contributed by atoms with E-state index in [2.05, 4.69) is 15.9 Å². The lowest BCUT2D eigenvalue weighted by Gasteiger charge is -2.39. The van der Waals surface area contributed by atoms with E-state index < -0.39 is 11.4 Å². The van der Waals surface area contributed by atoms with Gasteiger partial charge in [-0.25, -0.2) is 0 Å². The highest BCUT2D eigenvalue weighted by atomic mass is 79.9. The van der Waals surface area contributed by atoms with Gasteiger partial charge in [-0.2, -0.15) is 0 Å². The summed E-state index contributed by atoms with van der Waals surface area (Å²) in [5, 5.41) is 9.56. The van der Waals surface area contributed by atoms with Crippen molar-refractivity contribution in [3.8, 4) is 11.5 Å². The van der Waals surface area contributed by atoms with E-state index >= 15 is 0 Å². The summed E-state index contributed by atoms with van der Waals surface area (Å²) >= 11 is 3.43. The number of benzene rings is 1. The van der Waals surface area contributed by atoms with Crippen molar-refractivity contribution in [3.05, 3.63) is 21.7 Å². The van der Waals surface area contributed by atoms with Crippen molar-refractivity contribution in [2.75, 3.05) is 14.2 Å². The monoisotopic (exact) mass is 328 g/mol. The van der Waals surface area contributed by atoms with Crippen molar-refractivity contribution in [1.29, 1.82) is 0 Å².